The smallest absolute Gasteiger partial charge is 0.328 e. The first-order valence-corrected chi connectivity index (χ1v) is 7.16. The molecule has 1 heterocycles. The van der Waals surface area contributed by atoms with E-state index in [0.29, 0.717) is 0 Å². The first-order valence-electron chi connectivity index (χ1n) is 7.16. The summed E-state index contributed by atoms with van der Waals surface area (Å²) in [6.45, 7) is 3.50. The SMILES string of the molecule is CCC(NC(=O)c1ccn(C(C)C(=O)O)n1)c1ccccc1. The van der Waals surface area contributed by atoms with Crippen LogP contribution in [0.3, 0.4) is 0 Å². The van der Waals surface area contributed by atoms with Gasteiger partial charge in [0, 0.05) is 6.20 Å². The summed E-state index contributed by atoms with van der Waals surface area (Å²) >= 11 is 0. The van der Waals surface area contributed by atoms with Crippen molar-refractivity contribution in [2.45, 2.75) is 32.4 Å². The number of carbonyl (C=O) groups excluding carboxylic acids is 1. The van der Waals surface area contributed by atoms with Gasteiger partial charge >= 0.3 is 5.97 Å². The van der Waals surface area contributed by atoms with E-state index in [2.05, 4.69) is 10.4 Å². The molecule has 0 bridgehead atoms. The Bertz CT molecular complexity index is 652. The zero-order chi connectivity index (χ0) is 16.1. The maximum absolute atomic E-state index is 12.3. The van der Waals surface area contributed by atoms with Gasteiger partial charge in [0.2, 0.25) is 0 Å². The van der Waals surface area contributed by atoms with Crippen molar-refractivity contribution < 1.29 is 14.7 Å². The summed E-state index contributed by atoms with van der Waals surface area (Å²) in [7, 11) is 0. The van der Waals surface area contributed by atoms with E-state index in [9.17, 15) is 9.59 Å². The molecular formula is C16H19N3O3. The second-order valence-electron chi connectivity index (χ2n) is 5.04. The molecule has 6 nitrogen and oxygen atoms in total. The zero-order valence-corrected chi connectivity index (χ0v) is 12.6. The second-order valence-corrected chi connectivity index (χ2v) is 5.04. The fraction of sp³-hybridized carbons (Fsp3) is 0.312. The molecule has 22 heavy (non-hydrogen) atoms. The molecule has 0 spiro atoms. The first kappa shape index (κ1) is 15.8. The molecular weight excluding hydrogens is 282 g/mol. The van der Waals surface area contributed by atoms with E-state index < -0.39 is 12.0 Å². The molecule has 2 aromatic rings. The lowest BCUT2D eigenvalue weighted by atomic mass is 10.0. The average molecular weight is 301 g/mol. The Morgan fingerprint density at radius 1 is 1.27 bits per heavy atom. The fourth-order valence-corrected chi connectivity index (χ4v) is 2.13. The summed E-state index contributed by atoms with van der Waals surface area (Å²) in [5.74, 6) is -1.31. The summed E-state index contributed by atoms with van der Waals surface area (Å²) in [5.41, 5.74) is 1.24. The molecule has 2 rings (SSSR count). The highest BCUT2D eigenvalue weighted by molar-refractivity contribution is 5.92. The second kappa shape index (κ2) is 6.89. The number of hydrogen-bond donors (Lipinski definition) is 2. The Kier molecular flexibility index (Phi) is 4.93. The van der Waals surface area contributed by atoms with E-state index in [1.54, 1.807) is 0 Å². The van der Waals surface area contributed by atoms with E-state index in [1.807, 2.05) is 37.3 Å². The molecule has 6 heteroatoms. The largest absolute Gasteiger partial charge is 0.480 e. The van der Waals surface area contributed by atoms with Crippen LogP contribution in [0.5, 0.6) is 0 Å². The molecule has 1 aromatic heterocycles. The number of aliphatic carboxylic acids is 1. The van der Waals surface area contributed by atoms with Gasteiger partial charge in [-0.1, -0.05) is 37.3 Å². The Hall–Kier alpha value is -2.63. The van der Waals surface area contributed by atoms with Crippen molar-refractivity contribution in [2.24, 2.45) is 0 Å². The fourth-order valence-electron chi connectivity index (χ4n) is 2.13. The molecule has 0 radical (unpaired) electrons. The van der Waals surface area contributed by atoms with Crippen LogP contribution in [0.2, 0.25) is 0 Å². The molecule has 2 unspecified atom stereocenters. The van der Waals surface area contributed by atoms with Gasteiger partial charge in [0.25, 0.3) is 5.91 Å². The van der Waals surface area contributed by atoms with E-state index in [4.69, 9.17) is 5.11 Å². The molecule has 0 fully saturated rings. The monoisotopic (exact) mass is 301 g/mol. The standard InChI is InChI=1S/C16H19N3O3/c1-3-13(12-7-5-4-6-8-12)17-15(20)14-9-10-19(18-14)11(2)16(21)22/h4-11,13H,3H2,1-2H3,(H,17,20)(H,21,22). The third-order valence-corrected chi connectivity index (χ3v) is 3.51. The van der Waals surface area contributed by atoms with Crippen LogP contribution in [-0.4, -0.2) is 26.8 Å². The number of carbonyl (C=O) groups is 2. The minimum absolute atomic E-state index is 0.101. The summed E-state index contributed by atoms with van der Waals surface area (Å²) in [6, 6.07) is 10.3. The third-order valence-electron chi connectivity index (χ3n) is 3.51. The first-order chi connectivity index (χ1) is 10.5. The lowest BCUT2D eigenvalue weighted by molar-refractivity contribution is -0.140. The normalized spacial score (nSPS) is 13.4. The number of benzene rings is 1. The molecule has 0 aliphatic carbocycles. The van der Waals surface area contributed by atoms with E-state index in [0.717, 1.165) is 12.0 Å². The lowest BCUT2D eigenvalue weighted by Crippen LogP contribution is -2.28. The average Bonchev–Trinajstić information content (AvgIpc) is 3.02. The molecule has 0 saturated carbocycles. The van der Waals surface area contributed by atoms with Crippen molar-refractivity contribution >= 4 is 11.9 Å². The molecule has 0 aliphatic heterocycles. The molecule has 0 aliphatic rings. The van der Waals surface area contributed by atoms with E-state index in [-0.39, 0.29) is 17.6 Å². The van der Waals surface area contributed by atoms with Gasteiger partial charge in [0.1, 0.15) is 11.7 Å². The van der Waals surface area contributed by atoms with Crippen LogP contribution in [0.4, 0.5) is 0 Å². The third kappa shape index (κ3) is 3.52. The van der Waals surface area contributed by atoms with Gasteiger partial charge in [-0.2, -0.15) is 5.10 Å². The maximum atomic E-state index is 12.3. The highest BCUT2D eigenvalue weighted by atomic mass is 16.4. The summed E-state index contributed by atoms with van der Waals surface area (Å²) in [5, 5.41) is 15.9. The van der Waals surface area contributed by atoms with Crippen molar-refractivity contribution in [3.8, 4) is 0 Å². The topological polar surface area (TPSA) is 84.2 Å². The van der Waals surface area contributed by atoms with Crippen molar-refractivity contribution in [1.82, 2.24) is 15.1 Å². The van der Waals surface area contributed by atoms with Gasteiger partial charge < -0.3 is 10.4 Å². The minimum Gasteiger partial charge on any atom is -0.480 e. The van der Waals surface area contributed by atoms with Crippen molar-refractivity contribution in [3.05, 3.63) is 53.9 Å². The van der Waals surface area contributed by atoms with Crippen molar-refractivity contribution in [3.63, 3.8) is 0 Å². The summed E-state index contributed by atoms with van der Waals surface area (Å²) in [4.78, 5) is 23.2. The Morgan fingerprint density at radius 2 is 1.95 bits per heavy atom. The number of aromatic nitrogens is 2. The number of rotatable bonds is 6. The predicted octanol–water partition coefficient (Wildman–Crippen LogP) is 2.41. The lowest BCUT2D eigenvalue weighted by Gasteiger charge is -2.16. The van der Waals surface area contributed by atoms with Crippen LogP contribution in [-0.2, 0) is 4.79 Å². The van der Waals surface area contributed by atoms with Gasteiger partial charge in [-0.05, 0) is 25.0 Å². The number of nitrogens with zero attached hydrogens (tertiary/aromatic N) is 2. The quantitative estimate of drug-likeness (QED) is 0.858. The molecule has 1 aromatic carbocycles. The molecule has 0 saturated heterocycles. The van der Waals surface area contributed by atoms with Gasteiger partial charge in [-0.15, -0.1) is 0 Å². The van der Waals surface area contributed by atoms with E-state index >= 15 is 0 Å². The number of nitrogens with one attached hydrogen (secondary N) is 1. The van der Waals surface area contributed by atoms with Crippen LogP contribution in [0, 0.1) is 0 Å². The highest BCUT2D eigenvalue weighted by Gasteiger charge is 2.19. The Balaban J connectivity index is 2.10. The predicted molar refractivity (Wildman–Crippen MR) is 81.5 cm³/mol. The van der Waals surface area contributed by atoms with Crippen molar-refractivity contribution in [2.75, 3.05) is 0 Å². The number of hydrogen-bond acceptors (Lipinski definition) is 3. The van der Waals surface area contributed by atoms with Gasteiger partial charge in [0.15, 0.2) is 0 Å². The zero-order valence-electron chi connectivity index (χ0n) is 12.6. The Labute approximate surface area is 128 Å². The number of carboxylic acid groups (broad SMARTS) is 1. The van der Waals surface area contributed by atoms with Crippen molar-refractivity contribution in [1.29, 1.82) is 0 Å². The molecule has 116 valence electrons. The Morgan fingerprint density at radius 3 is 2.55 bits per heavy atom. The summed E-state index contributed by atoms with van der Waals surface area (Å²) in [6.07, 6.45) is 2.25. The minimum atomic E-state index is -0.995. The van der Waals surface area contributed by atoms with E-state index in [1.165, 1.54) is 23.9 Å². The van der Waals surface area contributed by atoms with Crippen LogP contribution in [0.15, 0.2) is 42.6 Å². The van der Waals surface area contributed by atoms with Gasteiger partial charge in [0.05, 0.1) is 6.04 Å². The molecule has 1 amide bonds. The molecule has 2 atom stereocenters. The maximum Gasteiger partial charge on any atom is 0.328 e. The highest BCUT2D eigenvalue weighted by Crippen LogP contribution is 2.16. The van der Waals surface area contributed by atoms with Crippen LogP contribution < -0.4 is 5.32 Å². The number of amides is 1. The van der Waals surface area contributed by atoms with Crippen LogP contribution in [0.25, 0.3) is 0 Å². The molecule has 2 N–H and O–H groups in total. The number of carboxylic acids is 1. The van der Waals surface area contributed by atoms with Gasteiger partial charge in [-0.25, -0.2) is 4.79 Å². The van der Waals surface area contributed by atoms with Gasteiger partial charge in [-0.3, -0.25) is 9.48 Å². The van der Waals surface area contributed by atoms with Crippen LogP contribution in [0.1, 0.15) is 48.4 Å². The summed E-state index contributed by atoms with van der Waals surface area (Å²) < 4.78 is 1.26. The van der Waals surface area contributed by atoms with Crippen LogP contribution >= 0.6 is 0 Å².